The van der Waals surface area contributed by atoms with Gasteiger partial charge in [0.25, 0.3) is 0 Å². The molecule has 1 saturated heterocycles. The summed E-state index contributed by atoms with van der Waals surface area (Å²) in [6, 6.07) is 8.14. The number of aromatic amines is 1. The van der Waals surface area contributed by atoms with Crippen LogP contribution in [0.5, 0.6) is 5.75 Å². The highest BCUT2D eigenvalue weighted by Gasteiger charge is 2.25. The molecule has 1 aliphatic carbocycles. The lowest BCUT2D eigenvalue weighted by molar-refractivity contribution is 0.328. The molecule has 0 radical (unpaired) electrons. The number of aromatic nitrogens is 1. The second kappa shape index (κ2) is 8.50. The van der Waals surface area contributed by atoms with Crippen LogP contribution in [0.4, 0.5) is 5.82 Å². The number of likely N-dealkylation sites (tertiary alicyclic amines) is 1. The fraction of sp³-hybridized carbons (Fsp3) is 0.346. The third kappa shape index (κ3) is 3.80. The van der Waals surface area contributed by atoms with Gasteiger partial charge in [-0.1, -0.05) is 36.4 Å². The molecule has 5 rings (SSSR count). The van der Waals surface area contributed by atoms with Crippen LogP contribution in [0.25, 0.3) is 17.2 Å². The molecular formula is C26H30N4O. The highest BCUT2D eigenvalue weighted by Crippen LogP contribution is 2.40. The number of allylic oxidation sites excluding steroid dienone is 2. The second-order valence-corrected chi connectivity index (χ2v) is 8.53. The molecule has 0 spiro atoms. The number of H-pyrrole nitrogens is 1. The number of hydrogen-bond donors (Lipinski definition) is 3. The van der Waals surface area contributed by atoms with Crippen molar-refractivity contribution in [2.45, 2.75) is 25.7 Å². The van der Waals surface area contributed by atoms with E-state index < -0.39 is 0 Å². The smallest absolute Gasteiger partial charge is 0.126 e. The van der Waals surface area contributed by atoms with Gasteiger partial charge in [0.15, 0.2) is 0 Å². The van der Waals surface area contributed by atoms with E-state index in [0.717, 1.165) is 54.6 Å². The zero-order valence-electron chi connectivity index (χ0n) is 18.1. The molecule has 3 heterocycles. The summed E-state index contributed by atoms with van der Waals surface area (Å²) in [5, 5.41) is 12.3. The van der Waals surface area contributed by atoms with E-state index in [9.17, 15) is 0 Å². The summed E-state index contributed by atoms with van der Waals surface area (Å²) in [7, 11) is 1.72. The van der Waals surface area contributed by atoms with E-state index in [-0.39, 0.29) is 5.92 Å². The maximum absolute atomic E-state index is 8.76. The lowest BCUT2D eigenvalue weighted by atomic mass is 9.86. The van der Waals surface area contributed by atoms with Crippen LogP contribution in [-0.4, -0.2) is 42.5 Å². The van der Waals surface area contributed by atoms with Gasteiger partial charge in [0.2, 0.25) is 0 Å². The van der Waals surface area contributed by atoms with E-state index in [4.69, 9.17) is 10.1 Å². The van der Waals surface area contributed by atoms with Gasteiger partial charge in [0.1, 0.15) is 17.4 Å². The van der Waals surface area contributed by atoms with Gasteiger partial charge in [0, 0.05) is 48.4 Å². The van der Waals surface area contributed by atoms with Gasteiger partial charge < -0.3 is 19.9 Å². The largest absolute Gasteiger partial charge is 0.496 e. The molecule has 2 aliphatic heterocycles. The summed E-state index contributed by atoms with van der Waals surface area (Å²) < 4.78 is 5.60. The number of nitrogens with one attached hydrogen (secondary N) is 3. The number of benzene rings is 1. The van der Waals surface area contributed by atoms with E-state index in [1.165, 1.54) is 36.0 Å². The van der Waals surface area contributed by atoms with Crippen LogP contribution in [0.15, 0.2) is 59.8 Å². The first-order valence-electron chi connectivity index (χ1n) is 11.2. The lowest BCUT2D eigenvalue weighted by Gasteiger charge is -2.33. The van der Waals surface area contributed by atoms with Crippen molar-refractivity contribution >= 4 is 17.7 Å². The first-order valence-corrected chi connectivity index (χ1v) is 11.2. The first kappa shape index (κ1) is 19.7. The number of anilines is 1. The number of nitrogens with zero attached hydrogens (tertiary/aromatic N) is 1. The van der Waals surface area contributed by atoms with Gasteiger partial charge >= 0.3 is 0 Å². The van der Waals surface area contributed by atoms with Gasteiger partial charge in [-0.25, -0.2) is 0 Å². The van der Waals surface area contributed by atoms with Crippen LogP contribution < -0.4 is 10.1 Å². The fourth-order valence-electron chi connectivity index (χ4n) is 4.91. The lowest BCUT2D eigenvalue weighted by Crippen LogP contribution is -2.39. The van der Waals surface area contributed by atoms with Gasteiger partial charge in [-0.2, -0.15) is 0 Å². The average Bonchev–Trinajstić information content (AvgIpc) is 3.27. The molecule has 3 N–H and O–H groups in total. The summed E-state index contributed by atoms with van der Waals surface area (Å²) in [5.74, 6) is 2.87. The molecule has 5 heteroatoms. The van der Waals surface area contributed by atoms with Gasteiger partial charge in [-0.3, -0.25) is 5.41 Å². The van der Waals surface area contributed by atoms with E-state index >= 15 is 0 Å². The third-order valence-corrected chi connectivity index (χ3v) is 6.63. The Morgan fingerprint density at radius 1 is 1.10 bits per heavy atom. The average molecular weight is 415 g/mol. The zero-order valence-corrected chi connectivity index (χ0v) is 18.1. The Labute approximate surface area is 184 Å². The molecule has 160 valence electrons. The molecule has 3 aliphatic rings. The van der Waals surface area contributed by atoms with Gasteiger partial charge in [-0.15, -0.1) is 0 Å². The normalized spacial score (nSPS) is 20.4. The summed E-state index contributed by atoms with van der Waals surface area (Å²) in [6.45, 7) is 2.85. The first-order chi connectivity index (χ1) is 15.2. The van der Waals surface area contributed by atoms with Crippen molar-refractivity contribution in [3.05, 3.63) is 65.4 Å². The number of piperidine rings is 1. The Balaban J connectivity index is 1.40. The Kier molecular flexibility index (Phi) is 5.41. The third-order valence-electron chi connectivity index (χ3n) is 6.63. The molecule has 1 aromatic heterocycles. The van der Waals surface area contributed by atoms with Crippen molar-refractivity contribution in [3.63, 3.8) is 0 Å². The fourth-order valence-corrected chi connectivity index (χ4v) is 4.91. The van der Waals surface area contributed by atoms with Gasteiger partial charge in [0.05, 0.1) is 7.11 Å². The van der Waals surface area contributed by atoms with Gasteiger partial charge in [-0.05, 0) is 49.0 Å². The molecule has 2 aromatic rings. The number of rotatable bonds is 4. The molecule has 0 saturated carbocycles. The summed E-state index contributed by atoms with van der Waals surface area (Å²) in [6.07, 6.45) is 15.5. The van der Waals surface area contributed by atoms with Crippen molar-refractivity contribution in [1.29, 1.82) is 5.41 Å². The molecule has 0 amide bonds. The number of hydrogen-bond acceptors (Lipinski definition) is 3. The van der Waals surface area contributed by atoms with Crippen LogP contribution >= 0.6 is 0 Å². The Bertz CT molecular complexity index is 1070. The zero-order chi connectivity index (χ0) is 21.2. The predicted molar refractivity (Wildman–Crippen MR) is 128 cm³/mol. The maximum atomic E-state index is 8.76. The minimum Gasteiger partial charge on any atom is -0.496 e. The second-order valence-electron chi connectivity index (χ2n) is 8.53. The van der Waals surface area contributed by atoms with Crippen molar-refractivity contribution < 1.29 is 4.74 Å². The Morgan fingerprint density at radius 3 is 2.77 bits per heavy atom. The quantitative estimate of drug-likeness (QED) is 0.459. The molecule has 5 nitrogen and oxygen atoms in total. The minimum absolute atomic E-state index is 0.167. The summed E-state index contributed by atoms with van der Waals surface area (Å²) in [4.78, 5) is 5.66. The number of ether oxygens (including phenoxy) is 1. The van der Waals surface area contributed by atoms with Crippen molar-refractivity contribution in [3.8, 4) is 16.9 Å². The Hall–Kier alpha value is -3.21. The van der Waals surface area contributed by atoms with Crippen LogP contribution in [-0.2, 0) is 0 Å². The minimum atomic E-state index is 0.167. The summed E-state index contributed by atoms with van der Waals surface area (Å²) in [5.41, 5.74) is 6.01. The molecule has 1 aromatic carbocycles. The maximum Gasteiger partial charge on any atom is 0.126 e. The van der Waals surface area contributed by atoms with Crippen molar-refractivity contribution in [1.82, 2.24) is 9.88 Å². The van der Waals surface area contributed by atoms with Crippen LogP contribution in [0.3, 0.4) is 0 Å². The van der Waals surface area contributed by atoms with E-state index in [2.05, 4.69) is 51.8 Å². The highest BCUT2D eigenvalue weighted by molar-refractivity contribution is 5.88. The van der Waals surface area contributed by atoms with E-state index in [1.807, 2.05) is 18.2 Å². The van der Waals surface area contributed by atoms with Crippen molar-refractivity contribution in [2.75, 3.05) is 32.1 Å². The van der Waals surface area contributed by atoms with Crippen LogP contribution in [0.1, 0.15) is 31.2 Å². The standard InChI is InChI=1S/C26H30N4O/c1-31-24-11-4-3-10-21(24)23-17-29-26-22(23)15-20(16-28-26)18-8-7-9-19(14-18)25(27)30-12-5-2-6-13-30/h3-4,7-11,15,17,19,27-29H,2,5-6,12-14,16H2,1H3. The van der Waals surface area contributed by atoms with Crippen molar-refractivity contribution in [2.24, 2.45) is 5.92 Å². The Morgan fingerprint density at radius 2 is 1.94 bits per heavy atom. The number of amidine groups is 1. The summed E-state index contributed by atoms with van der Waals surface area (Å²) >= 11 is 0. The molecular weight excluding hydrogens is 384 g/mol. The predicted octanol–water partition coefficient (Wildman–Crippen LogP) is 5.46. The molecule has 1 atom stereocenters. The molecule has 0 bridgehead atoms. The highest BCUT2D eigenvalue weighted by atomic mass is 16.5. The van der Waals surface area contributed by atoms with E-state index in [0.29, 0.717) is 0 Å². The molecule has 1 fully saturated rings. The number of fused-ring (bicyclic) bond motifs is 1. The molecule has 31 heavy (non-hydrogen) atoms. The topological polar surface area (TPSA) is 64.1 Å². The number of methoxy groups -OCH3 is 1. The van der Waals surface area contributed by atoms with Crippen LogP contribution in [0, 0.1) is 11.3 Å². The number of para-hydroxylation sites is 1. The van der Waals surface area contributed by atoms with Crippen LogP contribution in [0.2, 0.25) is 0 Å². The van der Waals surface area contributed by atoms with E-state index in [1.54, 1.807) is 7.11 Å². The SMILES string of the molecule is COc1ccccc1-c1c[nH]c2c1C=C(C1=CC=CC(C(=N)N3CCCCC3)C1)CN2. The molecule has 1 unspecified atom stereocenters. The monoisotopic (exact) mass is 414 g/mol.